The second-order valence-corrected chi connectivity index (χ2v) is 17.0. The van der Waals surface area contributed by atoms with Crippen molar-refractivity contribution < 1.29 is 28.6 Å². The fourth-order valence-electron chi connectivity index (χ4n) is 5.47. The van der Waals surface area contributed by atoms with Crippen LogP contribution in [0.1, 0.15) is 53.5 Å². The number of aliphatic hydroxyl groups is 1. The smallest absolute Gasteiger partial charge is 0.407 e. The number of carbonyl (C=O) groups excluding carboxylic acids is 2. The molecule has 1 saturated heterocycles. The van der Waals surface area contributed by atoms with Gasteiger partial charge in [0.15, 0.2) is 8.32 Å². The highest BCUT2D eigenvalue weighted by Crippen LogP contribution is 2.63. The van der Waals surface area contributed by atoms with Crippen molar-refractivity contribution in [1.29, 1.82) is 0 Å². The number of epoxide rings is 1. The number of nitrogens with one attached hydrogen (secondary N) is 2. The van der Waals surface area contributed by atoms with Gasteiger partial charge >= 0.3 is 12.1 Å². The van der Waals surface area contributed by atoms with Gasteiger partial charge in [0, 0.05) is 14.1 Å². The van der Waals surface area contributed by atoms with Crippen LogP contribution in [0.4, 0.5) is 9.59 Å². The molecule has 1 aromatic carbocycles. The highest BCUT2D eigenvalue weighted by molar-refractivity contribution is 6.74. The van der Waals surface area contributed by atoms with E-state index >= 15 is 0 Å². The highest BCUT2D eigenvalue weighted by Gasteiger charge is 2.86. The lowest BCUT2D eigenvalue weighted by atomic mass is 9.72. The molecule has 3 rings (SSSR count). The van der Waals surface area contributed by atoms with Crippen LogP contribution in [0.25, 0.3) is 0 Å². The normalized spacial score (nSPS) is 31.8. The maximum atomic E-state index is 13.2. The van der Waals surface area contributed by atoms with Gasteiger partial charge in [0.25, 0.3) is 0 Å². The lowest BCUT2D eigenvalue weighted by Crippen LogP contribution is -2.78. The SMILES string of the molecule is CC[C@@]12O[C@@H]1[C@H](NC(=O)OCc1ccccc1)[C@@](NC(=O)N(C)C)([C@H](C)O[Si](C)(C)C(C)(C)C)[C@@]2(C)O. The van der Waals surface area contributed by atoms with Crippen molar-refractivity contribution in [2.45, 2.75) is 108 Å². The Hall–Kier alpha value is -2.14. The molecule has 1 aliphatic heterocycles. The minimum atomic E-state index is -2.35. The first-order valence-corrected chi connectivity index (χ1v) is 15.9. The van der Waals surface area contributed by atoms with E-state index in [2.05, 4.69) is 44.5 Å². The summed E-state index contributed by atoms with van der Waals surface area (Å²) in [7, 11) is 0.914. The Labute approximate surface area is 222 Å². The van der Waals surface area contributed by atoms with E-state index < -0.39 is 55.4 Å². The van der Waals surface area contributed by atoms with Gasteiger partial charge in [-0.3, -0.25) is 0 Å². The quantitative estimate of drug-likeness (QED) is 0.342. The van der Waals surface area contributed by atoms with Crippen LogP contribution < -0.4 is 10.6 Å². The van der Waals surface area contributed by atoms with Crippen LogP contribution >= 0.6 is 0 Å². The fourth-order valence-corrected chi connectivity index (χ4v) is 6.90. The number of urea groups is 1. The molecule has 2 fully saturated rings. The van der Waals surface area contributed by atoms with Gasteiger partial charge in [-0.15, -0.1) is 0 Å². The third-order valence-corrected chi connectivity index (χ3v) is 13.4. The van der Waals surface area contributed by atoms with Gasteiger partial charge in [0.05, 0.1) is 12.1 Å². The topological polar surface area (TPSA) is 113 Å². The van der Waals surface area contributed by atoms with Crippen LogP contribution in [0.2, 0.25) is 18.1 Å². The number of amides is 3. The zero-order chi connectivity index (χ0) is 28.0. The summed E-state index contributed by atoms with van der Waals surface area (Å²) in [4.78, 5) is 27.7. The first-order valence-electron chi connectivity index (χ1n) is 13.0. The van der Waals surface area contributed by atoms with E-state index in [1.807, 2.05) is 44.2 Å². The standard InChI is InChI=1S/C27H45N3O6Si/c1-11-26-21(35-26)20(28-23(32)34-17-19-15-13-12-14-16-19)27(25(26,6)33,29-22(31)30(7)8)18(2)36-37(9,10)24(3,4)5/h12-16,18,20-21,33H,11,17H2,1-10H3,(H,28,32)(H,29,31)/t18-,20-,21+,25-,26+,27-/m0/s1. The Morgan fingerprint density at radius 1 is 1.22 bits per heavy atom. The van der Waals surface area contributed by atoms with Crippen molar-refractivity contribution in [1.82, 2.24) is 15.5 Å². The second-order valence-electron chi connectivity index (χ2n) is 12.3. The summed E-state index contributed by atoms with van der Waals surface area (Å²) in [6.07, 6.45) is -1.35. The average molecular weight is 536 g/mol. The molecule has 6 atom stereocenters. The number of alkyl carbamates (subject to hydrolysis) is 1. The highest BCUT2D eigenvalue weighted by atomic mass is 28.4. The molecular formula is C27H45N3O6Si. The molecule has 37 heavy (non-hydrogen) atoms. The van der Waals surface area contributed by atoms with Crippen LogP contribution in [0.5, 0.6) is 0 Å². The van der Waals surface area contributed by atoms with Gasteiger partial charge in [-0.2, -0.15) is 0 Å². The third-order valence-electron chi connectivity index (χ3n) is 8.81. The third kappa shape index (κ3) is 4.89. The molecule has 10 heteroatoms. The first kappa shape index (κ1) is 29.4. The van der Waals surface area contributed by atoms with Crippen LogP contribution in [0.3, 0.4) is 0 Å². The molecule has 2 aliphatic rings. The Morgan fingerprint density at radius 2 is 1.81 bits per heavy atom. The lowest BCUT2D eigenvalue weighted by Gasteiger charge is -2.53. The van der Waals surface area contributed by atoms with E-state index in [1.54, 1.807) is 21.0 Å². The summed E-state index contributed by atoms with van der Waals surface area (Å²) < 4.78 is 18.4. The van der Waals surface area contributed by atoms with E-state index in [0.29, 0.717) is 6.42 Å². The molecule has 0 aromatic heterocycles. The summed E-state index contributed by atoms with van der Waals surface area (Å²) >= 11 is 0. The molecule has 0 spiro atoms. The minimum absolute atomic E-state index is 0.0906. The molecule has 3 amide bonds. The van der Waals surface area contributed by atoms with Crippen molar-refractivity contribution in [3.05, 3.63) is 35.9 Å². The predicted molar refractivity (Wildman–Crippen MR) is 145 cm³/mol. The molecule has 0 bridgehead atoms. The van der Waals surface area contributed by atoms with Crippen LogP contribution in [0.15, 0.2) is 30.3 Å². The molecule has 9 nitrogen and oxygen atoms in total. The Kier molecular flexibility index (Phi) is 7.85. The molecule has 0 unspecified atom stereocenters. The maximum absolute atomic E-state index is 13.2. The van der Waals surface area contributed by atoms with Gasteiger partial charge in [0.1, 0.15) is 29.5 Å². The van der Waals surface area contributed by atoms with Gasteiger partial charge in [-0.1, -0.05) is 58.0 Å². The van der Waals surface area contributed by atoms with Gasteiger partial charge in [0.2, 0.25) is 0 Å². The average Bonchev–Trinajstić information content (AvgIpc) is 3.52. The Morgan fingerprint density at radius 3 is 2.32 bits per heavy atom. The molecule has 1 saturated carbocycles. The molecule has 1 aliphatic carbocycles. The van der Waals surface area contributed by atoms with Crippen LogP contribution in [-0.2, 0) is 20.5 Å². The predicted octanol–water partition coefficient (Wildman–Crippen LogP) is 4.01. The Bertz CT molecular complexity index is 996. The van der Waals surface area contributed by atoms with Crippen LogP contribution in [-0.4, -0.2) is 79.5 Å². The monoisotopic (exact) mass is 535 g/mol. The van der Waals surface area contributed by atoms with Gasteiger partial charge < -0.3 is 34.5 Å². The van der Waals surface area contributed by atoms with E-state index in [-0.39, 0.29) is 11.6 Å². The van der Waals surface area contributed by atoms with Crippen molar-refractivity contribution >= 4 is 20.4 Å². The van der Waals surface area contributed by atoms with E-state index in [9.17, 15) is 14.7 Å². The molecule has 208 valence electrons. The molecule has 3 N–H and O–H groups in total. The number of benzene rings is 1. The van der Waals surface area contributed by atoms with E-state index in [0.717, 1.165) is 5.56 Å². The van der Waals surface area contributed by atoms with Crippen molar-refractivity contribution in [3.8, 4) is 0 Å². The van der Waals surface area contributed by atoms with Crippen molar-refractivity contribution in [2.75, 3.05) is 14.1 Å². The summed E-state index contributed by atoms with van der Waals surface area (Å²) in [5.74, 6) is 0. The summed E-state index contributed by atoms with van der Waals surface area (Å²) in [6.45, 7) is 16.2. The molecule has 0 radical (unpaired) electrons. The van der Waals surface area contributed by atoms with Crippen LogP contribution in [0, 0.1) is 0 Å². The summed E-state index contributed by atoms with van der Waals surface area (Å²) in [5, 5.41) is 18.2. The van der Waals surface area contributed by atoms with Crippen molar-refractivity contribution in [3.63, 3.8) is 0 Å². The number of carbonyl (C=O) groups is 2. The van der Waals surface area contributed by atoms with Crippen molar-refractivity contribution in [2.24, 2.45) is 0 Å². The first-order chi connectivity index (χ1) is 17.0. The lowest BCUT2D eigenvalue weighted by molar-refractivity contribution is -0.133. The summed E-state index contributed by atoms with van der Waals surface area (Å²) in [6, 6.07) is 8.19. The van der Waals surface area contributed by atoms with Gasteiger partial charge in [-0.05, 0) is 44.0 Å². The zero-order valence-electron chi connectivity index (χ0n) is 24.0. The number of hydrogen-bond donors (Lipinski definition) is 3. The molecule has 1 aromatic rings. The fraction of sp³-hybridized carbons (Fsp3) is 0.704. The number of rotatable bonds is 8. The molecular weight excluding hydrogens is 490 g/mol. The largest absolute Gasteiger partial charge is 0.445 e. The minimum Gasteiger partial charge on any atom is -0.445 e. The van der Waals surface area contributed by atoms with E-state index in [1.165, 1.54) is 4.90 Å². The number of ether oxygens (including phenoxy) is 2. The number of hydrogen-bond acceptors (Lipinski definition) is 6. The van der Waals surface area contributed by atoms with Gasteiger partial charge in [-0.25, -0.2) is 9.59 Å². The maximum Gasteiger partial charge on any atom is 0.407 e. The molecule has 1 heterocycles. The zero-order valence-corrected chi connectivity index (χ0v) is 25.0. The Balaban J connectivity index is 2.02. The number of fused-ring (bicyclic) bond motifs is 1. The number of nitrogens with zero attached hydrogens (tertiary/aromatic N) is 1. The summed E-state index contributed by atoms with van der Waals surface area (Å²) in [5.41, 5.74) is -3.06. The second kappa shape index (κ2) is 9.87. The van der Waals surface area contributed by atoms with E-state index in [4.69, 9.17) is 13.9 Å².